The number of pyridine rings is 1. The second kappa shape index (κ2) is 6.54. The molecule has 7 heteroatoms. The van der Waals surface area contributed by atoms with Gasteiger partial charge in [0.15, 0.2) is 0 Å². The number of nitrogens with two attached hydrogens (primary N) is 1. The molecule has 0 fully saturated rings. The topological polar surface area (TPSA) is 109 Å². The third kappa shape index (κ3) is 4.43. The lowest BCUT2D eigenvalue weighted by atomic mass is 10.2. The molecule has 1 aromatic rings. The minimum absolute atomic E-state index is 0.0896. The summed E-state index contributed by atoms with van der Waals surface area (Å²) < 4.78 is 0. The Morgan fingerprint density at radius 2 is 2.26 bits per heavy atom. The molecule has 2 N–H and O–H groups in total. The SMILES string of the molecule is CC(C)CN(CCC#N)c1cc([N+](=O)[O-])cc(N)n1. The average Bonchev–Trinajstić information content (AvgIpc) is 2.33. The molecule has 1 heterocycles. The van der Waals surface area contributed by atoms with Crippen molar-refractivity contribution in [2.24, 2.45) is 5.92 Å². The molecule has 102 valence electrons. The van der Waals surface area contributed by atoms with Crippen LogP contribution in [0.1, 0.15) is 20.3 Å². The maximum Gasteiger partial charge on any atom is 0.276 e. The summed E-state index contributed by atoms with van der Waals surface area (Å²) in [5, 5.41) is 19.5. The maximum atomic E-state index is 10.8. The Bertz CT molecular complexity index is 495. The molecule has 0 bridgehead atoms. The second-order valence-corrected chi connectivity index (χ2v) is 4.61. The van der Waals surface area contributed by atoms with Gasteiger partial charge in [0, 0.05) is 13.1 Å². The molecule has 19 heavy (non-hydrogen) atoms. The molecule has 0 saturated heterocycles. The monoisotopic (exact) mass is 263 g/mol. The fourth-order valence-electron chi connectivity index (χ4n) is 1.71. The van der Waals surface area contributed by atoms with E-state index in [1.54, 1.807) is 0 Å². The summed E-state index contributed by atoms with van der Waals surface area (Å²) in [6.07, 6.45) is 0.330. The van der Waals surface area contributed by atoms with Crippen molar-refractivity contribution >= 4 is 17.3 Å². The van der Waals surface area contributed by atoms with Gasteiger partial charge in [-0.3, -0.25) is 10.1 Å². The second-order valence-electron chi connectivity index (χ2n) is 4.61. The van der Waals surface area contributed by atoms with Crippen LogP contribution in [0.4, 0.5) is 17.3 Å². The van der Waals surface area contributed by atoms with E-state index in [0.29, 0.717) is 31.2 Å². The van der Waals surface area contributed by atoms with Crippen LogP contribution in [-0.2, 0) is 0 Å². The zero-order valence-electron chi connectivity index (χ0n) is 11.0. The van der Waals surface area contributed by atoms with E-state index in [2.05, 4.69) is 11.1 Å². The summed E-state index contributed by atoms with van der Waals surface area (Å²) >= 11 is 0. The van der Waals surface area contributed by atoms with Gasteiger partial charge in [-0.15, -0.1) is 0 Å². The first-order valence-electron chi connectivity index (χ1n) is 5.98. The fourth-order valence-corrected chi connectivity index (χ4v) is 1.71. The van der Waals surface area contributed by atoms with Gasteiger partial charge in [0.2, 0.25) is 0 Å². The van der Waals surface area contributed by atoms with Crippen LogP contribution in [0.25, 0.3) is 0 Å². The summed E-state index contributed by atoms with van der Waals surface area (Å²) in [5.74, 6) is 0.895. The van der Waals surface area contributed by atoms with E-state index in [0.717, 1.165) is 0 Å². The molecule has 1 rings (SSSR count). The van der Waals surface area contributed by atoms with Gasteiger partial charge in [0.05, 0.1) is 29.5 Å². The molecule has 0 aliphatic rings. The maximum absolute atomic E-state index is 10.8. The number of anilines is 2. The van der Waals surface area contributed by atoms with Crippen molar-refractivity contribution in [3.8, 4) is 6.07 Å². The fraction of sp³-hybridized carbons (Fsp3) is 0.500. The van der Waals surface area contributed by atoms with Gasteiger partial charge in [0.1, 0.15) is 11.6 Å². The molecule has 0 aliphatic carbocycles. The van der Waals surface area contributed by atoms with Crippen molar-refractivity contribution in [3.05, 3.63) is 22.2 Å². The van der Waals surface area contributed by atoms with Gasteiger partial charge in [-0.25, -0.2) is 4.98 Å². The number of hydrogen-bond donors (Lipinski definition) is 1. The zero-order chi connectivity index (χ0) is 14.4. The third-order valence-corrected chi connectivity index (χ3v) is 2.43. The van der Waals surface area contributed by atoms with Crippen molar-refractivity contribution in [1.29, 1.82) is 5.26 Å². The molecular formula is C12H17N5O2. The number of nitro groups is 1. The van der Waals surface area contributed by atoms with E-state index in [1.807, 2.05) is 18.7 Å². The van der Waals surface area contributed by atoms with Gasteiger partial charge >= 0.3 is 0 Å². The Morgan fingerprint density at radius 1 is 1.58 bits per heavy atom. The molecule has 0 amide bonds. The number of nitrogens with zero attached hydrogens (tertiary/aromatic N) is 4. The van der Waals surface area contributed by atoms with Crippen molar-refractivity contribution in [2.75, 3.05) is 23.7 Å². The lowest BCUT2D eigenvalue weighted by molar-refractivity contribution is -0.384. The molecule has 7 nitrogen and oxygen atoms in total. The molecule has 0 aliphatic heterocycles. The van der Waals surface area contributed by atoms with Crippen LogP contribution in [0.15, 0.2) is 12.1 Å². The highest BCUT2D eigenvalue weighted by Gasteiger charge is 2.15. The number of rotatable bonds is 6. The lowest BCUT2D eigenvalue weighted by Gasteiger charge is -2.24. The summed E-state index contributed by atoms with van der Waals surface area (Å²) in [6, 6.07) is 4.67. The Morgan fingerprint density at radius 3 is 2.79 bits per heavy atom. The van der Waals surface area contributed by atoms with Gasteiger partial charge in [-0.05, 0) is 5.92 Å². The summed E-state index contributed by atoms with van der Waals surface area (Å²) in [6.45, 7) is 5.19. The minimum Gasteiger partial charge on any atom is -0.383 e. The van der Waals surface area contributed by atoms with Crippen LogP contribution in [0.5, 0.6) is 0 Å². The normalized spacial score (nSPS) is 10.2. The van der Waals surface area contributed by atoms with Crippen LogP contribution in [0.3, 0.4) is 0 Å². The van der Waals surface area contributed by atoms with E-state index in [4.69, 9.17) is 11.0 Å². The van der Waals surface area contributed by atoms with Crippen molar-refractivity contribution in [1.82, 2.24) is 4.98 Å². The average molecular weight is 263 g/mol. The molecule has 0 aromatic carbocycles. The summed E-state index contributed by atoms with van der Waals surface area (Å²) in [7, 11) is 0. The number of nitriles is 1. The lowest BCUT2D eigenvalue weighted by Crippen LogP contribution is -2.29. The van der Waals surface area contributed by atoms with Crippen LogP contribution in [0, 0.1) is 27.4 Å². The Balaban J connectivity index is 3.06. The van der Waals surface area contributed by atoms with Gasteiger partial charge in [0.25, 0.3) is 5.69 Å². The van der Waals surface area contributed by atoms with Gasteiger partial charge < -0.3 is 10.6 Å². The standard InChI is InChI=1S/C12H17N5O2/c1-9(2)8-16(5-3-4-13)12-7-10(17(18)19)6-11(14)15-12/h6-7,9H,3,5,8H2,1-2H3,(H2,14,15). The Labute approximate surface area is 111 Å². The number of aromatic nitrogens is 1. The predicted octanol–water partition coefficient (Wildman–Crippen LogP) is 1.95. The Hall–Kier alpha value is -2.36. The molecule has 0 atom stereocenters. The van der Waals surface area contributed by atoms with Crippen LogP contribution in [-0.4, -0.2) is 23.0 Å². The van der Waals surface area contributed by atoms with Crippen LogP contribution in [0.2, 0.25) is 0 Å². The molecule has 0 radical (unpaired) electrons. The van der Waals surface area contributed by atoms with E-state index in [-0.39, 0.29) is 11.5 Å². The molecule has 0 spiro atoms. The van der Waals surface area contributed by atoms with Crippen molar-refractivity contribution in [3.63, 3.8) is 0 Å². The van der Waals surface area contributed by atoms with Gasteiger partial charge in [-0.2, -0.15) is 5.26 Å². The number of hydrogen-bond acceptors (Lipinski definition) is 6. The van der Waals surface area contributed by atoms with Crippen molar-refractivity contribution < 1.29 is 4.92 Å². The largest absolute Gasteiger partial charge is 0.383 e. The molecule has 0 saturated carbocycles. The summed E-state index contributed by atoms with van der Waals surface area (Å²) in [5.41, 5.74) is 5.50. The number of nitrogen functional groups attached to an aromatic ring is 1. The quantitative estimate of drug-likeness (QED) is 0.620. The van der Waals surface area contributed by atoms with E-state index in [1.165, 1.54) is 12.1 Å². The highest BCUT2D eigenvalue weighted by Crippen LogP contribution is 2.22. The minimum atomic E-state index is -0.501. The predicted molar refractivity (Wildman–Crippen MR) is 72.6 cm³/mol. The van der Waals surface area contributed by atoms with E-state index < -0.39 is 4.92 Å². The first-order chi connectivity index (χ1) is 8.93. The highest BCUT2D eigenvalue weighted by molar-refractivity contribution is 5.54. The first kappa shape index (κ1) is 14.7. The van der Waals surface area contributed by atoms with E-state index >= 15 is 0 Å². The van der Waals surface area contributed by atoms with Gasteiger partial charge in [-0.1, -0.05) is 13.8 Å². The molecule has 0 unspecified atom stereocenters. The Kier molecular flexibility index (Phi) is 5.06. The highest BCUT2D eigenvalue weighted by atomic mass is 16.6. The zero-order valence-corrected chi connectivity index (χ0v) is 11.0. The van der Waals surface area contributed by atoms with Crippen LogP contribution >= 0.6 is 0 Å². The van der Waals surface area contributed by atoms with Crippen LogP contribution < -0.4 is 10.6 Å². The molecular weight excluding hydrogens is 246 g/mol. The summed E-state index contributed by atoms with van der Waals surface area (Å²) in [4.78, 5) is 16.3. The smallest absolute Gasteiger partial charge is 0.276 e. The molecule has 1 aromatic heterocycles. The third-order valence-electron chi connectivity index (χ3n) is 2.43. The first-order valence-corrected chi connectivity index (χ1v) is 5.98. The van der Waals surface area contributed by atoms with Crippen molar-refractivity contribution in [2.45, 2.75) is 20.3 Å². The van der Waals surface area contributed by atoms with E-state index in [9.17, 15) is 10.1 Å².